The van der Waals surface area contributed by atoms with E-state index in [2.05, 4.69) is 0 Å². The fourth-order valence-electron chi connectivity index (χ4n) is 2.02. The molecule has 0 N–H and O–H groups in total. The molecule has 0 fully saturated rings. The number of halogens is 1. The minimum absolute atomic E-state index is 0.197. The second-order valence-corrected chi connectivity index (χ2v) is 5.25. The van der Waals surface area contributed by atoms with E-state index in [0.717, 1.165) is 11.3 Å². The number of benzene rings is 1. The molecule has 4 heteroatoms. The Morgan fingerprint density at radius 1 is 1.00 bits per heavy atom. The van der Waals surface area contributed by atoms with Gasteiger partial charge in [-0.1, -0.05) is 11.6 Å². The van der Waals surface area contributed by atoms with Crippen LogP contribution in [0.4, 0.5) is 0 Å². The summed E-state index contributed by atoms with van der Waals surface area (Å²) in [5, 5.41) is 0.676. The summed E-state index contributed by atoms with van der Waals surface area (Å²) < 4.78 is 11.0. The Kier molecular flexibility index (Phi) is 3.98. The van der Waals surface area contributed by atoms with Gasteiger partial charge in [0.25, 0.3) is 0 Å². The van der Waals surface area contributed by atoms with E-state index in [1.807, 2.05) is 18.2 Å². The monoisotopic (exact) mass is 312 g/mol. The summed E-state index contributed by atoms with van der Waals surface area (Å²) in [4.78, 5) is 11.9. The summed E-state index contributed by atoms with van der Waals surface area (Å²) >= 11 is 5.86. The molecule has 110 valence electrons. The van der Waals surface area contributed by atoms with Crippen molar-refractivity contribution in [1.29, 1.82) is 0 Å². The van der Waals surface area contributed by atoms with Gasteiger partial charge in [0.2, 0.25) is 5.78 Å². The Balaban J connectivity index is 1.75. The molecule has 1 aromatic carbocycles. The van der Waals surface area contributed by atoms with Crippen LogP contribution in [-0.4, -0.2) is 5.78 Å². The standard InChI is InChI=1S/C18H13ClO3/c1-12-2-10-18(21-12)16(20)9-7-15-8-11-17(22-15)13-3-5-14(19)6-4-13/h2-11H,1H3. The lowest BCUT2D eigenvalue weighted by Crippen LogP contribution is -1.90. The van der Waals surface area contributed by atoms with Crippen LogP contribution in [-0.2, 0) is 0 Å². The fourth-order valence-corrected chi connectivity index (χ4v) is 2.14. The summed E-state index contributed by atoms with van der Waals surface area (Å²) in [6.07, 6.45) is 3.06. The smallest absolute Gasteiger partial charge is 0.221 e. The van der Waals surface area contributed by atoms with Gasteiger partial charge in [-0.15, -0.1) is 0 Å². The summed E-state index contributed by atoms with van der Waals surface area (Å²) in [6, 6.07) is 14.4. The largest absolute Gasteiger partial charge is 0.458 e. The lowest BCUT2D eigenvalue weighted by molar-refractivity contribution is 0.102. The van der Waals surface area contributed by atoms with E-state index in [1.54, 1.807) is 43.3 Å². The molecule has 0 aliphatic carbocycles. The quantitative estimate of drug-likeness (QED) is 0.478. The third-order valence-electron chi connectivity index (χ3n) is 3.14. The number of hydrogen-bond donors (Lipinski definition) is 0. The minimum atomic E-state index is -0.197. The second-order valence-electron chi connectivity index (χ2n) is 4.82. The maximum atomic E-state index is 11.9. The molecule has 0 saturated heterocycles. The van der Waals surface area contributed by atoms with Gasteiger partial charge in [-0.05, 0) is 67.6 Å². The molecule has 0 atom stereocenters. The molecule has 22 heavy (non-hydrogen) atoms. The van der Waals surface area contributed by atoms with Gasteiger partial charge in [-0.25, -0.2) is 0 Å². The van der Waals surface area contributed by atoms with Gasteiger partial charge in [-0.2, -0.15) is 0 Å². The predicted octanol–water partition coefficient (Wildman–Crippen LogP) is 5.40. The van der Waals surface area contributed by atoms with E-state index >= 15 is 0 Å². The van der Waals surface area contributed by atoms with Crippen LogP contribution < -0.4 is 0 Å². The molecule has 3 aromatic rings. The molecule has 0 unspecified atom stereocenters. The van der Waals surface area contributed by atoms with Crippen LogP contribution in [0.5, 0.6) is 0 Å². The highest BCUT2D eigenvalue weighted by atomic mass is 35.5. The summed E-state index contributed by atoms with van der Waals surface area (Å²) in [7, 11) is 0. The highest BCUT2D eigenvalue weighted by Gasteiger charge is 2.07. The molecule has 0 spiro atoms. The van der Waals surface area contributed by atoms with Gasteiger partial charge in [0.05, 0.1) is 0 Å². The first kappa shape index (κ1) is 14.4. The highest BCUT2D eigenvalue weighted by Crippen LogP contribution is 2.24. The molecule has 0 aliphatic heterocycles. The molecule has 2 heterocycles. The third kappa shape index (κ3) is 3.21. The molecule has 0 amide bonds. The number of rotatable bonds is 4. The van der Waals surface area contributed by atoms with Gasteiger partial charge in [0.1, 0.15) is 17.3 Å². The minimum Gasteiger partial charge on any atom is -0.458 e. The number of aryl methyl sites for hydroxylation is 1. The van der Waals surface area contributed by atoms with Gasteiger partial charge >= 0.3 is 0 Å². The lowest BCUT2D eigenvalue weighted by Gasteiger charge is -1.96. The maximum Gasteiger partial charge on any atom is 0.221 e. The van der Waals surface area contributed by atoms with Crippen molar-refractivity contribution < 1.29 is 13.6 Å². The van der Waals surface area contributed by atoms with Gasteiger partial charge in [-0.3, -0.25) is 4.79 Å². The van der Waals surface area contributed by atoms with Crippen LogP contribution in [0, 0.1) is 6.92 Å². The van der Waals surface area contributed by atoms with E-state index in [4.69, 9.17) is 20.4 Å². The molecule has 0 radical (unpaired) electrons. The summed E-state index contributed by atoms with van der Waals surface area (Å²) in [5.74, 6) is 2.15. The van der Waals surface area contributed by atoms with Crippen molar-refractivity contribution >= 4 is 23.5 Å². The van der Waals surface area contributed by atoms with E-state index in [0.29, 0.717) is 22.3 Å². The van der Waals surface area contributed by atoms with Crippen molar-refractivity contribution in [3.8, 4) is 11.3 Å². The number of furan rings is 2. The highest BCUT2D eigenvalue weighted by molar-refractivity contribution is 6.30. The Labute approximate surface area is 132 Å². The van der Waals surface area contributed by atoms with E-state index < -0.39 is 0 Å². The zero-order chi connectivity index (χ0) is 15.5. The molecule has 2 aromatic heterocycles. The average molecular weight is 313 g/mol. The van der Waals surface area contributed by atoms with Crippen LogP contribution >= 0.6 is 11.6 Å². The lowest BCUT2D eigenvalue weighted by atomic mass is 10.2. The van der Waals surface area contributed by atoms with E-state index in [1.165, 1.54) is 6.08 Å². The van der Waals surface area contributed by atoms with Crippen molar-refractivity contribution in [3.05, 3.63) is 76.9 Å². The number of carbonyl (C=O) groups excluding carboxylic acids is 1. The Bertz CT molecular complexity index is 822. The van der Waals surface area contributed by atoms with Crippen molar-refractivity contribution in [1.82, 2.24) is 0 Å². The van der Waals surface area contributed by atoms with Crippen LogP contribution in [0.25, 0.3) is 17.4 Å². The molecule has 3 rings (SSSR count). The normalized spacial score (nSPS) is 11.2. The summed E-state index contributed by atoms with van der Waals surface area (Å²) in [5.41, 5.74) is 0.928. The van der Waals surface area contributed by atoms with Crippen LogP contribution in [0.2, 0.25) is 5.02 Å². The zero-order valence-electron chi connectivity index (χ0n) is 11.9. The van der Waals surface area contributed by atoms with Crippen LogP contribution in [0.3, 0.4) is 0 Å². The zero-order valence-corrected chi connectivity index (χ0v) is 12.6. The van der Waals surface area contributed by atoms with E-state index in [-0.39, 0.29) is 5.78 Å². The number of hydrogen-bond acceptors (Lipinski definition) is 3. The maximum absolute atomic E-state index is 11.9. The average Bonchev–Trinajstić information content (AvgIpc) is 3.15. The van der Waals surface area contributed by atoms with Crippen molar-refractivity contribution in [2.24, 2.45) is 0 Å². The van der Waals surface area contributed by atoms with Gasteiger partial charge in [0, 0.05) is 10.6 Å². The predicted molar refractivity (Wildman–Crippen MR) is 86.0 cm³/mol. The molecule has 0 aliphatic rings. The Morgan fingerprint density at radius 3 is 2.45 bits per heavy atom. The molecular weight excluding hydrogens is 300 g/mol. The van der Waals surface area contributed by atoms with Crippen molar-refractivity contribution in [2.75, 3.05) is 0 Å². The Morgan fingerprint density at radius 2 is 1.77 bits per heavy atom. The summed E-state index contributed by atoms with van der Waals surface area (Å²) in [6.45, 7) is 1.80. The number of ketones is 1. The third-order valence-corrected chi connectivity index (χ3v) is 3.39. The van der Waals surface area contributed by atoms with Gasteiger partial charge in [0.15, 0.2) is 5.76 Å². The number of carbonyl (C=O) groups is 1. The van der Waals surface area contributed by atoms with Gasteiger partial charge < -0.3 is 8.83 Å². The SMILES string of the molecule is Cc1ccc(C(=O)C=Cc2ccc(-c3ccc(Cl)cc3)o2)o1. The first-order chi connectivity index (χ1) is 10.6. The molecule has 3 nitrogen and oxygen atoms in total. The van der Waals surface area contributed by atoms with Crippen LogP contribution in [0.15, 0.2) is 63.4 Å². The number of allylic oxidation sites excluding steroid dienone is 1. The fraction of sp³-hybridized carbons (Fsp3) is 0.0556. The first-order valence-electron chi connectivity index (χ1n) is 6.76. The second kappa shape index (κ2) is 6.08. The Hall–Kier alpha value is -2.52. The topological polar surface area (TPSA) is 43.4 Å². The molecule has 0 bridgehead atoms. The van der Waals surface area contributed by atoms with Crippen molar-refractivity contribution in [2.45, 2.75) is 6.92 Å². The van der Waals surface area contributed by atoms with Crippen molar-refractivity contribution in [3.63, 3.8) is 0 Å². The molecular formula is C18H13ClO3. The van der Waals surface area contributed by atoms with Crippen LogP contribution in [0.1, 0.15) is 22.1 Å². The molecule has 0 saturated carbocycles. The van der Waals surface area contributed by atoms with E-state index in [9.17, 15) is 4.79 Å². The first-order valence-corrected chi connectivity index (χ1v) is 7.14.